The van der Waals surface area contributed by atoms with Gasteiger partial charge in [-0.3, -0.25) is 4.79 Å². The van der Waals surface area contributed by atoms with Crippen molar-refractivity contribution in [2.45, 2.75) is 58.8 Å². The number of amides is 1. The summed E-state index contributed by atoms with van der Waals surface area (Å²) in [4.78, 5) is 13.0. The normalized spacial score (nSPS) is 14.8. The highest BCUT2D eigenvalue weighted by Gasteiger charge is 2.24. The molecule has 188 valence electrons. The Kier molecular flexibility index (Phi) is 10.0. The first-order valence-electron chi connectivity index (χ1n) is 12.2. The predicted octanol–water partition coefficient (Wildman–Crippen LogP) is 6.99. The molecule has 36 heavy (non-hydrogen) atoms. The van der Waals surface area contributed by atoms with Gasteiger partial charge in [-0.1, -0.05) is 51.4 Å². The summed E-state index contributed by atoms with van der Waals surface area (Å²) in [5.41, 5.74) is 2.96. The predicted molar refractivity (Wildman–Crippen MR) is 146 cm³/mol. The molecule has 1 heterocycles. The summed E-state index contributed by atoms with van der Waals surface area (Å²) in [6.07, 6.45) is 8.50. The van der Waals surface area contributed by atoms with E-state index in [9.17, 15) is 15.3 Å². The van der Waals surface area contributed by atoms with E-state index in [1.165, 1.54) is 23.8 Å². The molecule has 1 aliphatic rings. The molecule has 0 aliphatic heterocycles. The number of unbranched alkanes of at least 4 members (excludes halogenated alkanes) is 3. The highest BCUT2D eigenvalue weighted by molar-refractivity contribution is 7.73. The number of rotatable bonds is 10. The van der Waals surface area contributed by atoms with Crippen LogP contribution in [0.3, 0.4) is 0 Å². The highest BCUT2D eigenvalue weighted by Crippen LogP contribution is 2.36. The quantitative estimate of drug-likeness (QED) is 0.157. The van der Waals surface area contributed by atoms with Gasteiger partial charge in [-0.15, -0.1) is 11.3 Å². The standard InChI is InChI=1S/C28H31N3O3S2/c1-4-5-6-7-12-34-24-11-9-19(15-25(24)33-3)14-20(16-29)26(32)31-27-23(17-30)21-10-8-18(2)13-22(21)28(35)36-27/h9,11,14-15,18H,4-8,10,12-13H2,1-3H3,(H,31,32)/b20-14+. The van der Waals surface area contributed by atoms with Crippen molar-refractivity contribution in [2.24, 2.45) is 5.92 Å². The molecule has 0 fully saturated rings. The summed E-state index contributed by atoms with van der Waals surface area (Å²) in [6, 6.07) is 9.50. The molecule has 2 aromatic rings. The molecule has 8 heteroatoms. The van der Waals surface area contributed by atoms with Crippen LogP contribution in [0.15, 0.2) is 23.8 Å². The van der Waals surface area contributed by atoms with Gasteiger partial charge >= 0.3 is 0 Å². The second-order valence-corrected chi connectivity index (χ2v) is 10.6. The summed E-state index contributed by atoms with van der Waals surface area (Å²) < 4.78 is 12.0. The molecule has 1 unspecified atom stereocenters. The summed E-state index contributed by atoms with van der Waals surface area (Å²) >= 11 is 6.80. The number of ether oxygens (including phenoxy) is 2. The number of hydrogen-bond acceptors (Lipinski definition) is 7. The molecule has 0 radical (unpaired) electrons. The number of nitriles is 2. The lowest BCUT2D eigenvalue weighted by atomic mass is 9.85. The summed E-state index contributed by atoms with van der Waals surface area (Å²) in [5.74, 6) is 1.09. The Morgan fingerprint density at radius 3 is 2.75 bits per heavy atom. The third kappa shape index (κ3) is 6.72. The van der Waals surface area contributed by atoms with E-state index in [1.54, 1.807) is 25.3 Å². The Hall–Kier alpha value is -3.20. The second-order valence-electron chi connectivity index (χ2n) is 8.95. The number of anilines is 1. The summed E-state index contributed by atoms with van der Waals surface area (Å²) in [6.45, 7) is 4.94. The van der Waals surface area contributed by atoms with E-state index in [0.29, 0.717) is 44.0 Å². The van der Waals surface area contributed by atoms with Crippen molar-refractivity contribution in [1.29, 1.82) is 10.5 Å². The zero-order chi connectivity index (χ0) is 26.1. The van der Waals surface area contributed by atoms with Gasteiger partial charge in [0.1, 0.15) is 22.7 Å². The van der Waals surface area contributed by atoms with Crippen molar-refractivity contribution in [3.63, 3.8) is 0 Å². The Bertz CT molecular complexity index is 1280. The van der Waals surface area contributed by atoms with Crippen LogP contribution in [0.2, 0.25) is 0 Å². The van der Waals surface area contributed by atoms with Crippen molar-refractivity contribution in [3.8, 4) is 23.6 Å². The molecule has 1 atom stereocenters. The third-order valence-electron chi connectivity index (χ3n) is 6.23. The lowest BCUT2D eigenvalue weighted by Crippen LogP contribution is -2.17. The van der Waals surface area contributed by atoms with Crippen LogP contribution in [0.1, 0.15) is 68.2 Å². The maximum Gasteiger partial charge on any atom is 0.266 e. The molecule has 6 nitrogen and oxygen atoms in total. The molecule has 0 saturated heterocycles. The van der Waals surface area contributed by atoms with E-state index in [0.717, 1.165) is 49.7 Å². The monoisotopic (exact) mass is 521 g/mol. The van der Waals surface area contributed by atoms with Gasteiger partial charge in [-0.25, -0.2) is 0 Å². The SMILES string of the molecule is CCCCCCOc1ccc(/C=C(\C#N)C(=O)Nc2sc(=S)c3c(c2C#N)CCC(C)C3)cc1OC. The Balaban J connectivity index is 1.80. The van der Waals surface area contributed by atoms with E-state index in [-0.39, 0.29) is 5.57 Å². The van der Waals surface area contributed by atoms with E-state index in [4.69, 9.17) is 21.7 Å². The van der Waals surface area contributed by atoms with Crippen LogP contribution < -0.4 is 14.8 Å². The molecule has 1 N–H and O–H groups in total. The first-order chi connectivity index (χ1) is 17.4. The fourth-order valence-corrected chi connectivity index (χ4v) is 5.62. The molecule has 1 amide bonds. The van der Waals surface area contributed by atoms with Crippen LogP contribution >= 0.6 is 23.6 Å². The van der Waals surface area contributed by atoms with Crippen LogP contribution in [-0.4, -0.2) is 19.6 Å². The largest absolute Gasteiger partial charge is 0.493 e. The molecular weight excluding hydrogens is 490 g/mol. The molecule has 0 spiro atoms. The molecule has 1 aromatic carbocycles. The topological polar surface area (TPSA) is 95.1 Å². The molecule has 3 rings (SSSR count). The zero-order valence-corrected chi connectivity index (χ0v) is 22.6. The number of nitrogens with one attached hydrogen (secondary N) is 1. The van der Waals surface area contributed by atoms with Crippen LogP contribution in [0.25, 0.3) is 6.08 Å². The minimum Gasteiger partial charge on any atom is -0.493 e. The summed E-state index contributed by atoms with van der Waals surface area (Å²) in [7, 11) is 1.55. The third-order valence-corrected chi connectivity index (χ3v) is 7.67. The minimum absolute atomic E-state index is 0.0846. The number of hydrogen-bond donors (Lipinski definition) is 1. The van der Waals surface area contributed by atoms with Gasteiger partial charge in [0, 0.05) is 0 Å². The number of carbonyl (C=O) groups excluding carboxylic acids is 1. The smallest absolute Gasteiger partial charge is 0.266 e. The Morgan fingerprint density at radius 2 is 2.06 bits per heavy atom. The maximum atomic E-state index is 13.0. The van der Waals surface area contributed by atoms with E-state index in [1.807, 2.05) is 6.07 Å². The van der Waals surface area contributed by atoms with Crippen LogP contribution in [0, 0.1) is 32.4 Å². The maximum absolute atomic E-state index is 13.0. The molecule has 1 aliphatic carbocycles. The first-order valence-corrected chi connectivity index (χ1v) is 13.5. The average Bonchev–Trinajstić information content (AvgIpc) is 2.88. The molecule has 0 bridgehead atoms. The van der Waals surface area contributed by atoms with Crippen molar-refractivity contribution < 1.29 is 14.3 Å². The van der Waals surface area contributed by atoms with Crippen molar-refractivity contribution in [1.82, 2.24) is 0 Å². The number of fused-ring (bicyclic) bond motifs is 1. The fourth-order valence-electron chi connectivity index (χ4n) is 4.24. The van der Waals surface area contributed by atoms with Gasteiger partial charge in [0.25, 0.3) is 5.91 Å². The molecule has 0 saturated carbocycles. The van der Waals surface area contributed by atoms with Gasteiger partial charge in [-0.05, 0) is 66.5 Å². The zero-order valence-electron chi connectivity index (χ0n) is 21.0. The van der Waals surface area contributed by atoms with Crippen molar-refractivity contribution >= 4 is 40.5 Å². The average molecular weight is 522 g/mol. The summed E-state index contributed by atoms with van der Waals surface area (Å²) in [5, 5.41) is 22.7. The van der Waals surface area contributed by atoms with Crippen LogP contribution in [0.4, 0.5) is 5.00 Å². The number of carbonyl (C=O) groups is 1. The lowest BCUT2D eigenvalue weighted by molar-refractivity contribution is -0.112. The van der Waals surface area contributed by atoms with E-state index in [2.05, 4.69) is 25.2 Å². The first kappa shape index (κ1) is 27.4. The van der Waals surface area contributed by atoms with Crippen molar-refractivity contribution in [3.05, 3.63) is 49.8 Å². The van der Waals surface area contributed by atoms with Gasteiger partial charge in [0.05, 0.1) is 23.1 Å². The number of benzene rings is 1. The number of nitrogens with zero attached hydrogens (tertiary/aromatic N) is 2. The Morgan fingerprint density at radius 1 is 1.25 bits per heavy atom. The minimum atomic E-state index is -0.584. The lowest BCUT2D eigenvalue weighted by Gasteiger charge is -2.23. The molecule has 1 aromatic heterocycles. The Labute approximate surface area is 222 Å². The number of methoxy groups -OCH3 is 1. The van der Waals surface area contributed by atoms with Gasteiger partial charge in [0.2, 0.25) is 0 Å². The fraction of sp³-hybridized carbons (Fsp3) is 0.429. The van der Waals surface area contributed by atoms with Crippen molar-refractivity contribution in [2.75, 3.05) is 19.0 Å². The highest BCUT2D eigenvalue weighted by atomic mass is 32.1. The molecular formula is C28H31N3O3S2. The van der Waals surface area contributed by atoms with Gasteiger partial charge < -0.3 is 14.8 Å². The second kappa shape index (κ2) is 13.2. The van der Waals surface area contributed by atoms with Gasteiger partial charge in [-0.2, -0.15) is 10.5 Å². The van der Waals surface area contributed by atoms with E-state index >= 15 is 0 Å². The van der Waals surface area contributed by atoms with E-state index < -0.39 is 5.91 Å². The van der Waals surface area contributed by atoms with Crippen LogP contribution in [-0.2, 0) is 17.6 Å². The van der Waals surface area contributed by atoms with Crippen LogP contribution in [0.5, 0.6) is 11.5 Å². The van der Waals surface area contributed by atoms with Gasteiger partial charge in [0.15, 0.2) is 11.5 Å².